The van der Waals surface area contributed by atoms with Crippen LogP contribution in [0.4, 0.5) is 4.39 Å². The van der Waals surface area contributed by atoms with Gasteiger partial charge in [0.1, 0.15) is 35.4 Å². The Labute approximate surface area is 184 Å². The van der Waals surface area contributed by atoms with Crippen LogP contribution in [0, 0.1) is 5.82 Å². The Morgan fingerprint density at radius 3 is 3.00 bits per heavy atom. The van der Waals surface area contributed by atoms with E-state index in [1.165, 1.54) is 6.07 Å². The van der Waals surface area contributed by atoms with Crippen molar-refractivity contribution in [3.63, 3.8) is 0 Å². The lowest BCUT2D eigenvalue weighted by Gasteiger charge is -2.38. The zero-order valence-electron chi connectivity index (χ0n) is 17.3. The minimum atomic E-state index is -0.585. The number of nitrogens with zero attached hydrogens (tertiary/aromatic N) is 2. The van der Waals surface area contributed by atoms with E-state index in [0.717, 1.165) is 45.8 Å². The highest BCUT2D eigenvalue weighted by Crippen LogP contribution is 2.36. The van der Waals surface area contributed by atoms with E-state index in [1.807, 2.05) is 30.3 Å². The van der Waals surface area contributed by atoms with Gasteiger partial charge in [0.15, 0.2) is 0 Å². The van der Waals surface area contributed by atoms with Crippen molar-refractivity contribution in [3.05, 3.63) is 59.6 Å². The number of likely N-dealkylation sites (tertiary alicyclic amines) is 1. The average molecular weight is 441 g/mol. The molecular weight excluding hydrogens is 415 g/mol. The largest absolute Gasteiger partial charge is 0.490 e. The lowest BCUT2D eigenvalue weighted by Crippen LogP contribution is -2.45. The second-order valence-electron chi connectivity index (χ2n) is 8.26. The Balaban J connectivity index is 1.18. The first kappa shape index (κ1) is 20.4. The molecule has 7 heteroatoms. The zero-order chi connectivity index (χ0) is 21.4. The molecule has 5 nitrogen and oxygen atoms in total. The highest BCUT2D eigenvalue weighted by molar-refractivity contribution is 7.18. The van der Waals surface area contributed by atoms with Crippen LogP contribution in [-0.4, -0.2) is 46.8 Å². The molecule has 5 rings (SSSR count). The molecule has 0 bridgehead atoms. The number of hydrogen-bond acceptors (Lipinski definition) is 6. The van der Waals surface area contributed by atoms with Crippen molar-refractivity contribution < 1.29 is 18.7 Å². The quantitative estimate of drug-likeness (QED) is 0.447. The standard InChI is InChI=1S/C24H25FN2O3S/c1-15-12-16(24-26-23-19(25)4-2-7-22(23)31-24)8-10-27(15)13-17(28)14-30-21-6-3-5-20-18(21)9-11-29-20/h2-7,9,11,15-17,28H,8,10,12-14H2,1H3. The number of fused-ring (bicyclic) bond motifs is 2. The molecule has 2 aromatic heterocycles. The van der Waals surface area contributed by atoms with Gasteiger partial charge in [-0.2, -0.15) is 0 Å². The van der Waals surface area contributed by atoms with Crippen molar-refractivity contribution in [1.82, 2.24) is 9.88 Å². The molecule has 1 N–H and O–H groups in total. The van der Waals surface area contributed by atoms with Gasteiger partial charge in [-0.15, -0.1) is 11.3 Å². The van der Waals surface area contributed by atoms with E-state index in [0.29, 0.717) is 24.0 Å². The van der Waals surface area contributed by atoms with Gasteiger partial charge in [-0.3, -0.25) is 4.90 Å². The summed E-state index contributed by atoms with van der Waals surface area (Å²) in [6.07, 6.45) is 2.95. The molecule has 3 heterocycles. The van der Waals surface area contributed by atoms with Gasteiger partial charge in [-0.25, -0.2) is 9.37 Å². The van der Waals surface area contributed by atoms with Crippen LogP contribution in [0.1, 0.15) is 30.7 Å². The predicted molar refractivity (Wildman–Crippen MR) is 120 cm³/mol. The second-order valence-corrected chi connectivity index (χ2v) is 9.32. The van der Waals surface area contributed by atoms with Gasteiger partial charge in [0.05, 0.1) is 21.4 Å². The second kappa shape index (κ2) is 8.57. The Bertz CT molecular complexity index is 1190. The van der Waals surface area contributed by atoms with Gasteiger partial charge in [0.2, 0.25) is 0 Å². The molecule has 3 atom stereocenters. The summed E-state index contributed by atoms with van der Waals surface area (Å²) in [6, 6.07) is 13.0. The maximum absolute atomic E-state index is 14.0. The summed E-state index contributed by atoms with van der Waals surface area (Å²) in [5.74, 6) is 0.801. The molecule has 4 aromatic rings. The van der Waals surface area contributed by atoms with Crippen LogP contribution >= 0.6 is 11.3 Å². The number of para-hydroxylation sites is 1. The molecule has 1 aliphatic heterocycles. The number of aliphatic hydroxyl groups excluding tert-OH is 1. The van der Waals surface area contributed by atoms with E-state index >= 15 is 0 Å². The third-order valence-corrected chi connectivity index (χ3v) is 7.26. The lowest BCUT2D eigenvalue weighted by atomic mass is 9.92. The van der Waals surface area contributed by atoms with E-state index < -0.39 is 6.10 Å². The summed E-state index contributed by atoms with van der Waals surface area (Å²) in [7, 11) is 0. The van der Waals surface area contributed by atoms with Crippen molar-refractivity contribution in [3.8, 4) is 5.75 Å². The maximum Gasteiger partial charge on any atom is 0.150 e. The van der Waals surface area contributed by atoms with Crippen LogP contribution in [0.5, 0.6) is 5.75 Å². The minimum Gasteiger partial charge on any atom is -0.490 e. The fourth-order valence-corrected chi connectivity index (χ4v) is 5.55. The highest BCUT2D eigenvalue weighted by atomic mass is 32.1. The first-order chi connectivity index (χ1) is 15.1. The molecule has 1 fully saturated rings. The zero-order valence-corrected chi connectivity index (χ0v) is 18.1. The topological polar surface area (TPSA) is 58.7 Å². The number of aromatic nitrogens is 1. The third-order valence-electron chi connectivity index (χ3n) is 6.08. The van der Waals surface area contributed by atoms with Gasteiger partial charge >= 0.3 is 0 Å². The summed E-state index contributed by atoms with van der Waals surface area (Å²) in [5.41, 5.74) is 1.26. The van der Waals surface area contributed by atoms with Gasteiger partial charge in [-0.05, 0) is 56.6 Å². The van der Waals surface area contributed by atoms with E-state index in [2.05, 4.69) is 16.8 Å². The number of β-amino-alcohol motifs (C(OH)–C–C–N with tert-alkyl or cyclic N) is 1. The fraction of sp³-hybridized carbons (Fsp3) is 0.375. The van der Waals surface area contributed by atoms with E-state index in [-0.39, 0.29) is 12.4 Å². The Morgan fingerprint density at radius 2 is 2.16 bits per heavy atom. The van der Waals surface area contributed by atoms with Gasteiger partial charge in [-0.1, -0.05) is 12.1 Å². The smallest absolute Gasteiger partial charge is 0.150 e. The maximum atomic E-state index is 14.0. The fourth-order valence-electron chi connectivity index (χ4n) is 4.42. The number of hydrogen-bond donors (Lipinski definition) is 1. The number of rotatable bonds is 6. The number of thiazole rings is 1. The minimum absolute atomic E-state index is 0.230. The molecule has 162 valence electrons. The van der Waals surface area contributed by atoms with E-state index in [9.17, 15) is 9.50 Å². The molecule has 0 saturated carbocycles. The summed E-state index contributed by atoms with van der Waals surface area (Å²) in [6.45, 7) is 3.84. The summed E-state index contributed by atoms with van der Waals surface area (Å²) < 4.78 is 26.2. The number of piperidine rings is 1. The van der Waals surface area contributed by atoms with E-state index in [1.54, 1.807) is 23.7 Å². The molecule has 31 heavy (non-hydrogen) atoms. The van der Waals surface area contributed by atoms with Crippen LogP contribution in [0.2, 0.25) is 0 Å². The third kappa shape index (κ3) is 4.18. The molecular formula is C24H25FN2O3S. The first-order valence-electron chi connectivity index (χ1n) is 10.6. The van der Waals surface area contributed by atoms with Crippen LogP contribution in [0.25, 0.3) is 21.2 Å². The number of aliphatic hydroxyl groups is 1. The molecule has 0 radical (unpaired) electrons. The number of ether oxygens (including phenoxy) is 1. The molecule has 1 saturated heterocycles. The normalized spacial score (nSPS) is 21.0. The van der Waals surface area contributed by atoms with Crippen LogP contribution in [0.3, 0.4) is 0 Å². The lowest BCUT2D eigenvalue weighted by molar-refractivity contribution is 0.0405. The molecule has 2 aromatic carbocycles. The number of halogens is 1. The number of furan rings is 1. The van der Waals surface area contributed by atoms with Gasteiger partial charge in [0, 0.05) is 18.5 Å². The summed E-state index contributed by atoms with van der Waals surface area (Å²) in [5, 5.41) is 12.5. The van der Waals surface area contributed by atoms with Gasteiger partial charge in [0.25, 0.3) is 0 Å². The van der Waals surface area contributed by atoms with Gasteiger partial charge < -0.3 is 14.3 Å². The monoisotopic (exact) mass is 440 g/mol. The summed E-state index contributed by atoms with van der Waals surface area (Å²) >= 11 is 1.60. The predicted octanol–water partition coefficient (Wildman–Crippen LogP) is 5.19. The molecule has 0 aliphatic carbocycles. The Kier molecular flexibility index (Phi) is 5.65. The van der Waals surface area contributed by atoms with Crippen LogP contribution in [-0.2, 0) is 0 Å². The van der Waals surface area contributed by atoms with Crippen molar-refractivity contribution in [2.45, 2.75) is 37.8 Å². The van der Waals surface area contributed by atoms with E-state index in [4.69, 9.17) is 9.15 Å². The molecule has 1 aliphatic rings. The van der Waals surface area contributed by atoms with Crippen LogP contribution in [0.15, 0.2) is 53.1 Å². The van der Waals surface area contributed by atoms with Crippen molar-refractivity contribution >= 4 is 32.5 Å². The van der Waals surface area contributed by atoms with Crippen LogP contribution < -0.4 is 4.74 Å². The van der Waals surface area contributed by atoms with Crippen molar-refractivity contribution in [2.75, 3.05) is 19.7 Å². The Hall–Kier alpha value is -2.48. The first-order valence-corrected chi connectivity index (χ1v) is 11.5. The number of benzene rings is 2. The molecule has 3 unspecified atom stereocenters. The summed E-state index contributed by atoms with van der Waals surface area (Å²) in [4.78, 5) is 6.89. The molecule has 0 amide bonds. The van der Waals surface area contributed by atoms with Crippen molar-refractivity contribution in [2.24, 2.45) is 0 Å². The SMILES string of the molecule is CC1CC(c2nc3c(F)cccc3s2)CCN1CC(O)COc1cccc2occc12. The van der Waals surface area contributed by atoms with Crippen molar-refractivity contribution in [1.29, 1.82) is 0 Å². The highest BCUT2D eigenvalue weighted by Gasteiger charge is 2.29. The molecule has 0 spiro atoms. The Morgan fingerprint density at radius 1 is 1.29 bits per heavy atom. The average Bonchev–Trinajstić information content (AvgIpc) is 3.41.